The van der Waals surface area contributed by atoms with Crippen molar-refractivity contribution in [3.63, 3.8) is 0 Å². The summed E-state index contributed by atoms with van der Waals surface area (Å²) in [5.74, 6) is 0.815. The predicted molar refractivity (Wildman–Crippen MR) is 187 cm³/mol. The summed E-state index contributed by atoms with van der Waals surface area (Å²) in [5.41, 5.74) is 5.91. The van der Waals surface area contributed by atoms with Gasteiger partial charge in [-0.25, -0.2) is 4.98 Å². The van der Waals surface area contributed by atoms with Gasteiger partial charge in [0.2, 0.25) is 11.8 Å². The molecule has 0 saturated carbocycles. The van der Waals surface area contributed by atoms with Gasteiger partial charge < -0.3 is 35.5 Å². The highest BCUT2D eigenvalue weighted by Crippen LogP contribution is 2.31. The Morgan fingerprint density at radius 1 is 0.660 bits per heavy atom. The molecule has 246 valence electrons. The van der Waals surface area contributed by atoms with Crippen molar-refractivity contribution in [2.75, 3.05) is 76.1 Å². The van der Waals surface area contributed by atoms with Gasteiger partial charge in [-0.1, -0.05) is 24.3 Å². The number of carbonyl (C=O) groups is 2. The van der Waals surface area contributed by atoms with Crippen LogP contribution < -0.4 is 21.3 Å². The van der Waals surface area contributed by atoms with Crippen LogP contribution in [-0.2, 0) is 9.59 Å². The second-order valence-corrected chi connectivity index (χ2v) is 12.2. The van der Waals surface area contributed by atoms with Gasteiger partial charge in [0.25, 0.3) is 0 Å². The summed E-state index contributed by atoms with van der Waals surface area (Å²) < 4.78 is 5.73. The smallest absolute Gasteiger partial charge is 0.224 e. The predicted octanol–water partition coefficient (Wildman–Crippen LogP) is 4.92. The average molecular weight is 636 g/mol. The van der Waals surface area contributed by atoms with Gasteiger partial charge in [0.15, 0.2) is 0 Å². The number of carbonyl (C=O) groups excluding carboxylic acids is 2. The molecular formula is C37H45N7O3. The molecule has 0 atom stereocenters. The fourth-order valence-corrected chi connectivity index (χ4v) is 6.10. The highest BCUT2D eigenvalue weighted by Gasteiger charge is 2.14. The van der Waals surface area contributed by atoms with E-state index in [0.29, 0.717) is 12.8 Å². The van der Waals surface area contributed by atoms with Crippen LogP contribution >= 0.6 is 0 Å². The van der Waals surface area contributed by atoms with E-state index in [2.05, 4.69) is 31.1 Å². The molecule has 2 aromatic heterocycles. The Labute approximate surface area is 276 Å². The number of nitrogens with zero attached hydrogens (tertiary/aromatic N) is 3. The monoisotopic (exact) mass is 635 g/mol. The molecule has 6 rings (SSSR count). The highest BCUT2D eigenvalue weighted by atomic mass is 16.3. The molecule has 0 unspecified atom stereocenters. The Morgan fingerprint density at radius 3 is 1.55 bits per heavy atom. The Morgan fingerprint density at radius 2 is 1.13 bits per heavy atom. The molecule has 0 aliphatic carbocycles. The van der Waals surface area contributed by atoms with Crippen molar-refractivity contribution in [2.45, 2.75) is 25.7 Å². The minimum Gasteiger partial charge on any atom is -0.464 e. The third-order valence-electron chi connectivity index (χ3n) is 8.74. The zero-order valence-electron chi connectivity index (χ0n) is 27.0. The number of hydrogen-bond donors (Lipinski definition) is 4. The summed E-state index contributed by atoms with van der Waals surface area (Å²) in [6.45, 7) is 10.1. The molecule has 47 heavy (non-hydrogen) atoms. The number of hydrogen-bond acceptors (Lipinski definition) is 8. The van der Waals surface area contributed by atoms with Crippen molar-refractivity contribution in [3.05, 3.63) is 79.1 Å². The quantitative estimate of drug-likeness (QED) is 0.164. The first-order chi connectivity index (χ1) is 23.1. The van der Waals surface area contributed by atoms with Crippen LogP contribution in [0.3, 0.4) is 0 Å². The minimum absolute atomic E-state index is 0.0305. The molecule has 0 radical (unpaired) electrons. The summed E-state index contributed by atoms with van der Waals surface area (Å²) in [6, 6.07) is 23.5. The molecule has 4 heterocycles. The molecule has 0 spiro atoms. The van der Waals surface area contributed by atoms with E-state index in [1.807, 2.05) is 72.8 Å². The van der Waals surface area contributed by atoms with Gasteiger partial charge in [0.05, 0.1) is 17.7 Å². The SMILES string of the molecule is O=C(CCCN1CCNCC1)Nc1ccc(-c2cc(-c3ccco3)cc(-c3ccc(NC(=O)CCCN4CCNCC4)cc3)n2)cc1. The first kappa shape index (κ1) is 32.6. The zero-order chi connectivity index (χ0) is 32.3. The number of benzene rings is 2. The molecule has 4 N–H and O–H groups in total. The van der Waals surface area contributed by atoms with Crippen molar-refractivity contribution in [1.29, 1.82) is 0 Å². The number of anilines is 2. The van der Waals surface area contributed by atoms with E-state index in [0.717, 1.165) is 124 Å². The van der Waals surface area contributed by atoms with Gasteiger partial charge in [-0.3, -0.25) is 9.59 Å². The highest BCUT2D eigenvalue weighted by molar-refractivity contribution is 5.91. The molecule has 2 aromatic carbocycles. The van der Waals surface area contributed by atoms with Crippen molar-refractivity contribution in [3.8, 4) is 33.8 Å². The molecule has 2 aliphatic rings. The lowest BCUT2D eigenvalue weighted by molar-refractivity contribution is -0.117. The zero-order valence-corrected chi connectivity index (χ0v) is 27.0. The summed E-state index contributed by atoms with van der Waals surface area (Å²) in [4.78, 5) is 35.0. The van der Waals surface area contributed by atoms with Crippen molar-refractivity contribution in [2.24, 2.45) is 0 Å². The van der Waals surface area contributed by atoms with Crippen LogP contribution in [0.25, 0.3) is 33.8 Å². The number of furan rings is 1. The lowest BCUT2D eigenvalue weighted by atomic mass is 10.0. The number of pyridine rings is 1. The summed E-state index contributed by atoms with van der Waals surface area (Å²) >= 11 is 0. The topological polar surface area (TPSA) is 115 Å². The fourth-order valence-electron chi connectivity index (χ4n) is 6.10. The maximum absolute atomic E-state index is 12.6. The Kier molecular flexibility index (Phi) is 11.4. The minimum atomic E-state index is 0.0305. The van der Waals surface area contributed by atoms with Crippen molar-refractivity contribution >= 4 is 23.2 Å². The normalized spacial score (nSPS) is 15.7. The van der Waals surface area contributed by atoms with Crippen LogP contribution in [-0.4, -0.2) is 92.0 Å². The van der Waals surface area contributed by atoms with Crippen molar-refractivity contribution < 1.29 is 14.0 Å². The molecule has 2 fully saturated rings. The fraction of sp³-hybridized carbons (Fsp3) is 0.378. The molecule has 2 aliphatic heterocycles. The number of amides is 2. The van der Waals surface area contributed by atoms with E-state index in [1.54, 1.807) is 6.26 Å². The Bertz CT molecular complexity index is 1480. The van der Waals surface area contributed by atoms with E-state index in [4.69, 9.17) is 9.40 Å². The average Bonchev–Trinajstić information content (AvgIpc) is 3.65. The van der Waals surface area contributed by atoms with Crippen LogP contribution in [0.4, 0.5) is 11.4 Å². The standard InChI is InChI=1S/C37H45N7O3/c45-36(5-1-19-43-21-15-38-16-22-43)40-31-11-7-28(8-12-31)33-26-30(35-4-3-25-47-35)27-34(42-33)29-9-13-32(14-10-29)41-37(46)6-2-20-44-23-17-39-18-24-44/h3-4,7-14,25-27,38-39H,1-2,5-6,15-24H2,(H,40,45)(H,41,46). The molecule has 2 saturated heterocycles. The van der Waals surface area contributed by atoms with Gasteiger partial charge in [-0.05, 0) is 74.5 Å². The van der Waals surface area contributed by atoms with Gasteiger partial charge in [-0.2, -0.15) is 0 Å². The van der Waals surface area contributed by atoms with E-state index in [1.165, 1.54) is 0 Å². The van der Waals surface area contributed by atoms with E-state index >= 15 is 0 Å². The van der Waals surface area contributed by atoms with Crippen molar-refractivity contribution in [1.82, 2.24) is 25.4 Å². The largest absolute Gasteiger partial charge is 0.464 e. The van der Waals surface area contributed by atoms with E-state index in [-0.39, 0.29) is 11.8 Å². The first-order valence-corrected chi connectivity index (χ1v) is 16.8. The van der Waals surface area contributed by atoms with Gasteiger partial charge in [0.1, 0.15) is 5.76 Å². The molecule has 10 nitrogen and oxygen atoms in total. The number of nitrogens with one attached hydrogen (secondary N) is 4. The lowest BCUT2D eigenvalue weighted by Crippen LogP contribution is -2.43. The first-order valence-electron chi connectivity index (χ1n) is 16.8. The molecule has 10 heteroatoms. The number of piperazine rings is 2. The molecule has 4 aromatic rings. The second-order valence-electron chi connectivity index (χ2n) is 12.2. The number of rotatable bonds is 13. The molecule has 2 amide bonds. The van der Waals surface area contributed by atoms with Crippen LogP contribution in [0.15, 0.2) is 83.5 Å². The number of aromatic nitrogens is 1. The summed E-state index contributed by atoms with van der Waals surface area (Å²) in [7, 11) is 0. The van der Waals surface area contributed by atoms with Gasteiger partial charge in [-0.15, -0.1) is 0 Å². The lowest BCUT2D eigenvalue weighted by Gasteiger charge is -2.26. The van der Waals surface area contributed by atoms with Crippen LogP contribution in [0.1, 0.15) is 25.7 Å². The molecular weight excluding hydrogens is 590 g/mol. The van der Waals surface area contributed by atoms with Crippen LogP contribution in [0.5, 0.6) is 0 Å². The van der Waals surface area contributed by atoms with E-state index in [9.17, 15) is 9.59 Å². The summed E-state index contributed by atoms with van der Waals surface area (Å²) in [5, 5.41) is 12.8. The molecule has 0 bridgehead atoms. The third kappa shape index (κ3) is 9.59. The van der Waals surface area contributed by atoms with Crippen LogP contribution in [0, 0.1) is 0 Å². The Hall–Kier alpha value is -4.35. The maximum Gasteiger partial charge on any atom is 0.224 e. The van der Waals surface area contributed by atoms with Crippen LogP contribution in [0.2, 0.25) is 0 Å². The maximum atomic E-state index is 12.6. The summed E-state index contributed by atoms with van der Waals surface area (Å²) in [6.07, 6.45) is 4.36. The van der Waals surface area contributed by atoms with E-state index < -0.39 is 0 Å². The van der Waals surface area contributed by atoms with Gasteiger partial charge in [0, 0.05) is 93.3 Å². The third-order valence-corrected chi connectivity index (χ3v) is 8.74. The Balaban J connectivity index is 1.08. The van der Waals surface area contributed by atoms with Gasteiger partial charge >= 0.3 is 0 Å². The second kappa shape index (κ2) is 16.5.